The van der Waals surface area contributed by atoms with Crippen LogP contribution in [0, 0.1) is 22.7 Å². The monoisotopic (exact) mass is 198 g/mol. The molecule has 0 aliphatic carbocycles. The van der Waals surface area contributed by atoms with E-state index in [1.807, 2.05) is 12.1 Å². The molecular formula is C11H10N4. The number of hydrazone groups is 1. The van der Waals surface area contributed by atoms with E-state index in [0.29, 0.717) is 16.7 Å². The maximum atomic E-state index is 8.92. The van der Waals surface area contributed by atoms with E-state index in [-0.39, 0.29) is 0 Å². The third kappa shape index (κ3) is 2.55. The third-order valence-electron chi connectivity index (χ3n) is 1.76. The highest BCUT2D eigenvalue weighted by molar-refractivity contribution is 5.84. The summed E-state index contributed by atoms with van der Waals surface area (Å²) < 4.78 is 0. The SMILES string of the molecule is CN(C)N=Cc1cccc(C#N)c1C#N. The van der Waals surface area contributed by atoms with E-state index in [2.05, 4.69) is 5.10 Å². The summed E-state index contributed by atoms with van der Waals surface area (Å²) in [4.78, 5) is 0. The fraction of sp³-hybridized carbons (Fsp3) is 0.182. The summed E-state index contributed by atoms with van der Waals surface area (Å²) in [6.45, 7) is 0. The molecule has 0 spiro atoms. The Morgan fingerprint density at radius 1 is 1.27 bits per heavy atom. The van der Waals surface area contributed by atoms with Crippen LogP contribution in [0.15, 0.2) is 23.3 Å². The Morgan fingerprint density at radius 2 is 2.00 bits per heavy atom. The van der Waals surface area contributed by atoms with Gasteiger partial charge in [0.1, 0.15) is 12.1 Å². The molecule has 1 rings (SSSR count). The third-order valence-corrected chi connectivity index (χ3v) is 1.76. The Bertz CT molecular complexity index is 460. The van der Waals surface area contributed by atoms with Gasteiger partial charge >= 0.3 is 0 Å². The summed E-state index contributed by atoms with van der Waals surface area (Å²) in [5.41, 5.74) is 1.40. The first-order chi connectivity index (χ1) is 7.19. The molecule has 0 N–H and O–H groups in total. The predicted molar refractivity (Wildman–Crippen MR) is 57.2 cm³/mol. The zero-order valence-electron chi connectivity index (χ0n) is 8.60. The first-order valence-electron chi connectivity index (χ1n) is 4.33. The molecule has 0 heterocycles. The van der Waals surface area contributed by atoms with Gasteiger partial charge in [0.15, 0.2) is 0 Å². The molecule has 74 valence electrons. The number of hydrogen-bond acceptors (Lipinski definition) is 4. The number of nitriles is 2. The van der Waals surface area contributed by atoms with Gasteiger partial charge in [-0.25, -0.2) is 0 Å². The van der Waals surface area contributed by atoms with Crippen LogP contribution in [0.2, 0.25) is 0 Å². The lowest BCUT2D eigenvalue weighted by Crippen LogP contribution is -2.03. The first-order valence-corrected chi connectivity index (χ1v) is 4.33. The minimum absolute atomic E-state index is 0.366. The number of rotatable bonds is 2. The average molecular weight is 198 g/mol. The molecule has 0 aromatic heterocycles. The molecule has 15 heavy (non-hydrogen) atoms. The van der Waals surface area contributed by atoms with Crippen molar-refractivity contribution in [2.45, 2.75) is 0 Å². The summed E-state index contributed by atoms with van der Waals surface area (Å²) >= 11 is 0. The van der Waals surface area contributed by atoms with E-state index >= 15 is 0 Å². The Balaban J connectivity index is 3.21. The van der Waals surface area contributed by atoms with Crippen LogP contribution >= 0.6 is 0 Å². The normalized spacial score (nSPS) is 9.60. The zero-order valence-corrected chi connectivity index (χ0v) is 8.60. The lowest BCUT2D eigenvalue weighted by Gasteiger charge is -2.03. The van der Waals surface area contributed by atoms with Gasteiger partial charge in [-0.1, -0.05) is 12.1 Å². The van der Waals surface area contributed by atoms with Crippen molar-refractivity contribution in [2.24, 2.45) is 5.10 Å². The summed E-state index contributed by atoms with van der Waals surface area (Å²) in [7, 11) is 3.58. The van der Waals surface area contributed by atoms with Gasteiger partial charge in [0.2, 0.25) is 0 Å². The van der Waals surface area contributed by atoms with Crippen molar-refractivity contribution in [3.05, 3.63) is 34.9 Å². The molecule has 0 bridgehead atoms. The van der Waals surface area contributed by atoms with Crippen molar-refractivity contribution in [3.8, 4) is 12.1 Å². The lowest BCUT2D eigenvalue weighted by molar-refractivity contribution is 0.440. The highest BCUT2D eigenvalue weighted by Crippen LogP contribution is 2.11. The van der Waals surface area contributed by atoms with E-state index in [0.717, 1.165) is 0 Å². The molecule has 0 radical (unpaired) electrons. The van der Waals surface area contributed by atoms with Gasteiger partial charge in [-0.2, -0.15) is 15.6 Å². The van der Waals surface area contributed by atoms with Crippen LogP contribution in [0.3, 0.4) is 0 Å². The van der Waals surface area contributed by atoms with Gasteiger partial charge < -0.3 is 5.01 Å². The van der Waals surface area contributed by atoms with E-state index in [9.17, 15) is 0 Å². The molecule has 0 amide bonds. The van der Waals surface area contributed by atoms with Gasteiger partial charge in [0, 0.05) is 19.7 Å². The maximum Gasteiger partial charge on any atom is 0.101 e. The molecule has 0 unspecified atom stereocenters. The second kappa shape index (κ2) is 4.78. The molecule has 1 aromatic rings. The van der Waals surface area contributed by atoms with Crippen molar-refractivity contribution < 1.29 is 0 Å². The number of benzene rings is 1. The van der Waals surface area contributed by atoms with E-state index < -0.39 is 0 Å². The van der Waals surface area contributed by atoms with Crippen LogP contribution < -0.4 is 0 Å². The van der Waals surface area contributed by atoms with Crippen LogP contribution in [0.1, 0.15) is 16.7 Å². The summed E-state index contributed by atoms with van der Waals surface area (Å²) in [6, 6.07) is 9.09. The summed E-state index contributed by atoms with van der Waals surface area (Å²) in [6.07, 6.45) is 1.57. The van der Waals surface area contributed by atoms with Gasteiger partial charge in [0.25, 0.3) is 0 Å². The molecule has 0 atom stereocenters. The van der Waals surface area contributed by atoms with Crippen LogP contribution in [-0.4, -0.2) is 25.3 Å². The Kier molecular flexibility index (Phi) is 3.43. The highest BCUT2D eigenvalue weighted by Gasteiger charge is 2.05. The smallest absolute Gasteiger partial charge is 0.101 e. The molecule has 0 saturated heterocycles. The molecule has 0 saturated carbocycles. The fourth-order valence-electron chi connectivity index (χ4n) is 1.07. The number of hydrogen-bond donors (Lipinski definition) is 0. The molecule has 0 aliphatic heterocycles. The summed E-state index contributed by atoms with van der Waals surface area (Å²) in [5, 5.41) is 23.4. The fourth-order valence-corrected chi connectivity index (χ4v) is 1.07. The highest BCUT2D eigenvalue weighted by atomic mass is 15.4. The quantitative estimate of drug-likeness (QED) is 0.532. The van der Waals surface area contributed by atoms with Gasteiger partial charge in [0.05, 0.1) is 17.3 Å². The molecule has 4 heteroatoms. The van der Waals surface area contributed by atoms with Crippen molar-refractivity contribution in [2.75, 3.05) is 14.1 Å². The Hall–Kier alpha value is -2.33. The van der Waals surface area contributed by atoms with Crippen LogP contribution in [0.25, 0.3) is 0 Å². The Morgan fingerprint density at radius 3 is 2.53 bits per heavy atom. The zero-order chi connectivity index (χ0) is 11.3. The minimum atomic E-state index is 0.366. The standard InChI is InChI=1S/C11H10N4/c1-15(2)14-8-10-5-3-4-9(6-12)11(10)7-13/h3-5,8H,1-2H3. The van der Waals surface area contributed by atoms with Crippen molar-refractivity contribution in [1.82, 2.24) is 5.01 Å². The lowest BCUT2D eigenvalue weighted by atomic mass is 10.0. The summed E-state index contributed by atoms with van der Waals surface area (Å²) in [5.74, 6) is 0. The first kappa shape index (κ1) is 10.7. The maximum absolute atomic E-state index is 8.92. The second-order valence-corrected chi connectivity index (χ2v) is 3.09. The van der Waals surface area contributed by atoms with Crippen LogP contribution in [0.4, 0.5) is 0 Å². The number of nitrogens with zero attached hydrogens (tertiary/aromatic N) is 4. The van der Waals surface area contributed by atoms with E-state index in [1.54, 1.807) is 43.5 Å². The van der Waals surface area contributed by atoms with Crippen molar-refractivity contribution in [3.63, 3.8) is 0 Å². The van der Waals surface area contributed by atoms with Gasteiger partial charge in [-0.15, -0.1) is 0 Å². The van der Waals surface area contributed by atoms with Crippen LogP contribution in [-0.2, 0) is 0 Å². The van der Waals surface area contributed by atoms with E-state index in [1.165, 1.54) is 0 Å². The minimum Gasteiger partial charge on any atom is -0.303 e. The molecule has 4 nitrogen and oxygen atoms in total. The molecule has 1 aromatic carbocycles. The topological polar surface area (TPSA) is 63.2 Å². The molecule has 0 aliphatic rings. The largest absolute Gasteiger partial charge is 0.303 e. The van der Waals surface area contributed by atoms with Gasteiger partial charge in [-0.05, 0) is 6.07 Å². The Labute approximate surface area is 88.7 Å². The second-order valence-electron chi connectivity index (χ2n) is 3.09. The molecular weight excluding hydrogens is 188 g/mol. The predicted octanol–water partition coefficient (Wildman–Crippen LogP) is 1.33. The van der Waals surface area contributed by atoms with Crippen molar-refractivity contribution in [1.29, 1.82) is 10.5 Å². The van der Waals surface area contributed by atoms with E-state index in [4.69, 9.17) is 10.5 Å². The molecule has 0 fully saturated rings. The average Bonchev–Trinajstić information content (AvgIpc) is 2.25. The van der Waals surface area contributed by atoms with Crippen molar-refractivity contribution >= 4 is 6.21 Å². The van der Waals surface area contributed by atoms with Crippen LogP contribution in [0.5, 0.6) is 0 Å². The van der Waals surface area contributed by atoms with Gasteiger partial charge in [-0.3, -0.25) is 0 Å².